The van der Waals surface area contributed by atoms with Crippen LogP contribution in [0, 0.1) is 5.82 Å². The second-order valence-corrected chi connectivity index (χ2v) is 4.65. The predicted octanol–water partition coefficient (Wildman–Crippen LogP) is 0.888. The molecule has 0 aromatic heterocycles. The minimum Gasteiger partial charge on any atom is -0.396 e. The van der Waals surface area contributed by atoms with Crippen LogP contribution in [0.1, 0.15) is 29.6 Å². The lowest BCUT2D eigenvalue weighted by Crippen LogP contribution is -2.50. The Morgan fingerprint density at radius 1 is 1.32 bits per heavy atom. The third-order valence-electron chi connectivity index (χ3n) is 3.34. The molecule has 5 nitrogen and oxygen atoms in total. The van der Waals surface area contributed by atoms with Gasteiger partial charge in [0.1, 0.15) is 11.9 Å². The Morgan fingerprint density at radius 2 is 2.05 bits per heavy atom. The molecule has 1 unspecified atom stereocenters. The fourth-order valence-corrected chi connectivity index (χ4v) is 2.30. The Morgan fingerprint density at radius 3 is 2.68 bits per heavy atom. The van der Waals surface area contributed by atoms with Crippen molar-refractivity contribution in [2.45, 2.75) is 25.3 Å². The summed E-state index contributed by atoms with van der Waals surface area (Å²) in [5.74, 6) is -1.55. The minimum absolute atomic E-state index is 0.0124. The van der Waals surface area contributed by atoms with E-state index in [1.165, 1.54) is 17.0 Å². The highest BCUT2D eigenvalue weighted by Gasteiger charge is 2.31. The summed E-state index contributed by atoms with van der Waals surface area (Å²) in [5, 5.41) is 0. The summed E-state index contributed by atoms with van der Waals surface area (Å²) in [6.45, 7) is 0.457. The largest absolute Gasteiger partial charge is 0.396 e. The summed E-state index contributed by atoms with van der Waals surface area (Å²) in [4.78, 5) is 25.1. The van der Waals surface area contributed by atoms with Gasteiger partial charge in [0, 0.05) is 12.1 Å². The van der Waals surface area contributed by atoms with E-state index in [1.807, 2.05) is 0 Å². The normalized spacial score (nSPS) is 19.2. The van der Waals surface area contributed by atoms with Crippen molar-refractivity contribution in [3.8, 4) is 0 Å². The first-order valence-electron chi connectivity index (χ1n) is 6.16. The Hall–Kier alpha value is -2.11. The standard InChI is InChI=1S/C13H16FN3O2/c14-9-7-8(4-5-10(9)15)13(19)17-6-2-1-3-11(17)12(16)18/h4-5,7,11H,1-3,6,15H2,(H2,16,18). The number of benzene rings is 1. The van der Waals surface area contributed by atoms with Crippen LogP contribution in [0.4, 0.5) is 10.1 Å². The molecule has 0 spiro atoms. The first-order chi connectivity index (χ1) is 9.00. The first kappa shape index (κ1) is 13.3. The number of carbonyl (C=O) groups excluding carboxylic acids is 2. The van der Waals surface area contributed by atoms with Crippen LogP contribution in [0.15, 0.2) is 18.2 Å². The number of rotatable bonds is 2. The number of nitrogen functional groups attached to an aromatic ring is 1. The highest BCUT2D eigenvalue weighted by Crippen LogP contribution is 2.21. The number of likely N-dealkylation sites (tertiary alicyclic amines) is 1. The third kappa shape index (κ3) is 2.67. The van der Waals surface area contributed by atoms with Gasteiger partial charge in [-0.05, 0) is 37.5 Å². The summed E-state index contributed by atoms with van der Waals surface area (Å²) in [7, 11) is 0. The SMILES string of the molecule is NC(=O)C1CCCCN1C(=O)c1ccc(N)c(F)c1. The number of nitrogens with two attached hydrogens (primary N) is 2. The highest BCUT2D eigenvalue weighted by atomic mass is 19.1. The molecular weight excluding hydrogens is 249 g/mol. The second kappa shape index (κ2) is 5.26. The Kier molecular flexibility index (Phi) is 3.69. The molecule has 1 aliphatic heterocycles. The summed E-state index contributed by atoms with van der Waals surface area (Å²) < 4.78 is 13.4. The molecule has 102 valence electrons. The molecule has 2 rings (SSSR count). The molecule has 1 aliphatic rings. The molecule has 1 aromatic rings. The number of primary amides is 1. The smallest absolute Gasteiger partial charge is 0.254 e. The summed E-state index contributed by atoms with van der Waals surface area (Å²) in [6.07, 6.45) is 2.22. The lowest BCUT2D eigenvalue weighted by atomic mass is 10.00. The van der Waals surface area contributed by atoms with Crippen LogP contribution < -0.4 is 11.5 Å². The predicted molar refractivity (Wildman–Crippen MR) is 68.7 cm³/mol. The van der Waals surface area contributed by atoms with Crippen LogP contribution in [-0.4, -0.2) is 29.3 Å². The van der Waals surface area contributed by atoms with Gasteiger partial charge in [0.15, 0.2) is 0 Å². The zero-order valence-corrected chi connectivity index (χ0v) is 10.4. The molecule has 6 heteroatoms. The zero-order chi connectivity index (χ0) is 14.0. The summed E-state index contributed by atoms with van der Waals surface area (Å²) in [5.41, 5.74) is 10.8. The Labute approximate surface area is 110 Å². The lowest BCUT2D eigenvalue weighted by molar-refractivity contribution is -0.123. The molecule has 1 heterocycles. The molecule has 4 N–H and O–H groups in total. The van der Waals surface area contributed by atoms with Gasteiger partial charge in [-0.1, -0.05) is 0 Å². The number of halogens is 1. The molecule has 0 bridgehead atoms. The van der Waals surface area contributed by atoms with Crippen molar-refractivity contribution in [2.24, 2.45) is 5.73 Å². The Balaban J connectivity index is 2.26. The molecule has 0 radical (unpaired) electrons. The van der Waals surface area contributed by atoms with E-state index in [2.05, 4.69) is 0 Å². The number of nitrogens with zero attached hydrogens (tertiary/aromatic N) is 1. The van der Waals surface area contributed by atoms with Gasteiger partial charge in [0.2, 0.25) is 5.91 Å². The fourth-order valence-electron chi connectivity index (χ4n) is 2.30. The second-order valence-electron chi connectivity index (χ2n) is 4.65. The Bertz CT molecular complexity index is 519. The number of amides is 2. The van der Waals surface area contributed by atoms with Crippen LogP contribution in [0.3, 0.4) is 0 Å². The van der Waals surface area contributed by atoms with Gasteiger partial charge in [-0.3, -0.25) is 9.59 Å². The average Bonchev–Trinajstić information content (AvgIpc) is 2.41. The summed E-state index contributed by atoms with van der Waals surface area (Å²) in [6, 6.07) is 3.27. The van der Waals surface area contributed by atoms with Gasteiger partial charge < -0.3 is 16.4 Å². The average molecular weight is 265 g/mol. The number of anilines is 1. The number of piperidine rings is 1. The first-order valence-corrected chi connectivity index (χ1v) is 6.16. The molecule has 0 aliphatic carbocycles. The van der Waals surface area contributed by atoms with Crippen LogP contribution >= 0.6 is 0 Å². The molecular formula is C13H16FN3O2. The lowest BCUT2D eigenvalue weighted by Gasteiger charge is -2.33. The van der Waals surface area contributed by atoms with Gasteiger partial charge >= 0.3 is 0 Å². The van der Waals surface area contributed by atoms with Crippen molar-refractivity contribution in [3.63, 3.8) is 0 Å². The van der Waals surface area contributed by atoms with E-state index >= 15 is 0 Å². The zero-order valence-electron chi connectivity index (χ0n) is 10.4. The summed E-state index contributed by atoms with van der Waals surface area (Å²) >= 11 is 0. The van der Waals surface area contributed by atoms with Crippen molar-refractivity contribution in [2.75, 3.05) is 12.3 Å². The molecule has 19 heavy (non-hydrogen) atoms. The van der Waals surface area contributed by atoms with E-state index in [0.717, 1.165) is 18.9 Å². The number of carbonyl (C=O) groups is 2. The maximum absolute atomic E-state index is 13.4. The maximum atomic E-state index is 13.4. The van der Waals surface area contributed by atoms with Crippen molar-refractivity contribution < 1.29 is 14.0 Å². The van der Waals surface area contributed by atoms with E-state index < -0.39 is 17.8 Å². The van der Waals surface area contributed by atoms with Gasteiger partial charge in [0.25, 0.3) is 5.91 Å². The molecule has 0 saturated carbocycles. The topological polar surface area (TPSA) is 89.4 Å². The van der Waals surface area contributed by atoms with E-state index in [1.54, 1.807) is 0 Å². The number of hydrogen-bond donors (Lipinski definition) is 2. The van der Waals surface area contributed by atoms with Gasteiger partial charge in [0.05, 0.1) is 5.69 Å². The third-order valence-corrected chi connectivity index (χ3v) is 3.34. The highest BCUT2D eigenvalue weighted by molar-refractivity contribution is 5.97. The fraction of sp³-hybridized carbons (Fsp3) is 0.385. The van der Waals surface area contributed by atoms with Crippen LogP contribution in [0.5, 0.6) is 0 Å². The van der Waals surface area contributed by atoms with E-state index in [4.69, 9.17) is 11.5 Å². The number of hydrogen-bond acceptors (Lipinski definition) is 3. The van der Waals surface area contributed by atoms with Crippen molar-refractivity contribution in [3.05, 3.63) is 29.6 Å². The van der Waals surface area contributed by atoms with Crippen LogP contribution in [0.2, 0.25) is 0 Å². The van der Waals surface area contributed by atoms with E-state index in [-0.39, 0.29) is 17.2 Å². The van der Waals surface area contributed by atoms with E-state index in [0.29, 0.717) is 13.0 Å². The van der Waals surface area contributed by atoms with Crippen molar-refractivity contribution in [1.82, 2.24) is 4.90 Å². The molecule has 1 aromatic carbocycles. The maximum Gasteiger partial charge on any atom is 0.254 e. The molecule has 1 atom stereocenters. The molecule has 1 fully saturated rings. The van der Waals surface area contributed by atoms with Crippen LogP contribution in [-0.2, 0) is 4.79 Å². The quantitative estimate of drug-likeness (QED) is 0.778. The van der Waals surface area contributed by atoms with Crippen molar-refractivity contribution >= 4 is 17.5 Å². The monoisotopic (exact) mass is 265 g/mol. The van der Waals surface area contributed by atoms with Gasteiger partial charge in [-0.15, -0.1) is 0 Å². The van der Waals surface area contributed by atoms with Crippen LogP contribution in [0.25, 0.3) is 0 Å². The van der Waals surface area contributed by atoms with Gasteiger partial charge in [-0.2, -0.15) is 0 Å². The van der Waals surface area contributed by atoms with Gasteiger partial charge in [-0.25, -0.2) is 4.39 Å². The molecule has 2 amide bonds. The molecule has 1 saturated heterocycles. The van der Waals surface area contributed by atoms with Crippen molar-refractivity contribution in [1.29, 1.82) is 0 Å². The minimum atomic E-state index is -0.640. The van der Waals surface area contributed by atoms with E-state index in [9.17, 15) is 14.0 Å².